The first kappa shape index (κ1) is 51.4. The van der Waals surface area contributed by atoms with Crippen molar-refractivity contribution in [1.82, 2.24) is 5.01 Å². The van der Waals surface area contributed by atoms with Crippen molar-refractivity contribution >= 4 is 40.3 Å². The molecular formula is C50H69N4O12+. The number of Topliss-reactive ketones (excluding diaryl/α,β-unsaturated/α-hetero) is 1. The molecule has 0 aromatic heterocycles. The second-order valence-electron chi connectivity index (χ2n) is 19.6. The van der Waals surface area contributed by atoms with Gasteiger partial charge in [-0.2, -0.15) is 5.10 Å². The molecule has 0 spiro atoms. The van der Waals surface area contributed by atoms with Gasteiger partial charge in [0.05, 0.1) is 86.2 Å². The highest BCUT2D eigenvalue weighted by Gasteiger charge is 2.50. The summed E-state index contributed by atoms with van der Waals surface area (Å²) >= 11 is 0. The summed E-state index contributed by atoms with van der Waals surface area (Å²) in [6.45, 7) is 21.9. The lowest BCUT2D eigenvalue weighted by atomic mass is 9.78. The van der Waals surface area contributed by atoms with Crippen molar-refractivity contribution in [3.8, 4) is 34.8 Å². The number of ketones is 1. The van der Waals surface area contributed by atoms with E-state index in [4.69, 9.17) is 18.9 Å². The molecule has 0 aliphatic carbocycles. The van der Waals surface area contributed by atoms with Crippen LogP contribution < -0.4 is 10.1 Å². The van der Waals surface area contributed by atoms with E-state index in [0.29, 0.717) is 24.1 Å². The van der Waals surface area contributed by atoms with Crippen LogP contribution in [0.4, 0.5) is 5.69 Å². The van der Waals surface area contributed by atoms with Crippen LogP contribution in [0.15, 0.2) is 41.2 Å². The van der Waals surface area contributed by atoms with Gasteiger partial charge in [-0.05, 0) is 46.6 Å². The van der Waals surface area contributed by atoms with Crippen molar-refractivity contribution in [2.45, 2.75) is 106 Å². The van der Waals surface area contributed by atoms with Gasteiger partial charge in [0, 0.05) is 66.6 Å². The highest BCUT2D eigenvalue weighted by atomic mass is 16.7. The standard InChI is InChI=1S/C50H68N4O12/c1-27-16-14-17-28(2)48(62)52-39-34(26-51-53-20-23-54(12,24-21-53)22-15-19-49(8,9)10)43(59)36-37(44(39)60)42(58)32(6)46-38(36)47(61)50(11,66-46)64-25-18-35(63-13)29(3)45(65-33(7)55)31(5)41(57)30(4)40(27)56/h14,16-18,25-27,29-31,35,40-41,45,56-57H,20-24H2,1-13H3,(H3-,51,52,58,59,60,61,62)/p+1/b16-14+,25-18+,28-17-/t27-,29?,30?,31+,35?,40?,41+,45+,50-/m0/s1. The number of nitrogens with one attached hydrogen (secondary N) is 1. The van der Waals surface area contributed by atoms with Crippen molar-refractivity contribution in [1.29, 1.82) is 0 Å². The summed E-state index contributed by atoms with van der Waals surface area (Å²) in [6, 6.07) is 0. The average Bonchev–Trinajstić information content (AvgIpc) is 3.51. The predicted octanol–water partition coefficient (Wildman–Crippen LogP) is 5.90. The van der Waals surface area contributed by atoms with Gasteiger partial charge in [0.25, 0.3) is 11.7 Å². The lowest BCUT2D eigenvalue weighted by Gasteiger charge is -2.39. The molecule has 9 atom stereocenters. The van der Waals surface area contributed by atoms with E-state index in [1.54, 1.807) is 44.9 Å². The summed E-state index contributed by atoms with van der Waals surface area (Å²) in [6.07, 6.45) is 4.86. The molecule has 4 unspecified atom stereocenters. The summed E-state index contributed by atoms with van der Waals surface area (Å²) in [4.78, 5) is 40.9. The van der Waals surface area contributed by atoms with Crippen LogP contribution >= 0.6 is 0 Å². The number of benzene rings is 2. The van der Waals surface area contributed by atoms with E-state index in [1.807, 2.05) is 0 Å². The minimum atomic E-state index is -2.06. The number of hydrazone groups is 1. The first-order valence-electron chi connectivity index (χ1n) is 22.5. The number of fused-ring (bicyclic) bond motifs is 14. The number of piperazine rings is 1. The number of carbonyl (C=O) groups excluding carboxylic acids is 3. The van der Waals surface area contributed by atoms with Crippen LogP contribution in [0.3, 0.4) is 0 Å². The topological polar surface area (TPSA) is 217 Å². The quantitative estimate of drug-likeness (QED) is 0.0515. The summed E-state index contributed by atoms with van der Waals surface area (Å²) in [5.74, 6) is -1.82. The van der Waals surface area contributed by atoms with E-state index in [9.17, 15) is 39.9 Å². The molecule has 0 saturated carbocycles. The first-order valence-corrected chi connectivity index (χ1v) is 22.5. The molecule has 0 radical (unpaired) electrons. The number of quaternary nitrogens is 1. The number of methoxy groups -OCH3 is 1. The number of phenols is 3. The molecule has 6 N–H and O–H groups in total. The van der Waals surface area contributed by atoms with Crippen molar-refractivity contribution in [2.75, 3.05) is 52.2 Å². The van der Waals surface area contributed by atoms with Crippen LogP contribution in [0, 0.1) is 47.9 Å². The third-order valence-corrected chi connectivity index (χ3v) is 13.1. The molecule has 2 aromatic rings. The zero-order chi connectivity index (χ0) is 49.2. The van der Waals surface area contributed by atoms with Gasteiger partial charge in [0.2, 0.25) is 0 Å². The van der Waals surface area contributed by atoms with Crippen molar-refractivity contribution in [3.05, 3.63) is 52.8 Å². The normalized spacial score (nSPS) is 30.5. The number of allylic oxidation sites excluding steroid dienone is 2. The van der Waals surface area contributed by atoms with Crippen LogP contribution in [0.5, 0.6) is 23.0 Å². The van der Waals surface area contributed by atoms with E-state index in [0.717, 1.165) is 13.1 Å². The van der Waals surface area contributed by atoms with Gasteiger partial charge < -0.3 is 54.3 Å². The maximum absolute atomic E-state index is 14.6. The number of aliphatic hydroxyl groups is 2. The molecule has 6 rings (SSSR count). The Morgan fingerprint density at radius 2 is 1.65 bits per heavy atom. The van der Waals surface area contributed by atoms with Crippen molar-refractivity contribution < 1.29 is 63.3 Å². The lowest BCUT2D eigenvalue weighted by Crippen LogP contribution is -2.56. The zero-order valence-corrected chi connectivity index (χ0v) is 40.6. The van der Waals surface area contributed by atoms with Crippen LogP contribution in [0.25, 0.3) is 10.8 Å². The maximum atomic E-state index is 14.6. The highest BCUT2D eigenvalue weighted by Crippen LogP contribution is 2.55. The van der Waals surface area contributed by atoms with Crippen molar-refractivity contribution in [2.24, 2.45) is 34.2 Å². The number of nitrogens with zero attached hydrogens (tertiary/aromatic N) is 3. The predicted molar refractivity (Wildman–Crippen MR) is 251 cm³/mol. The summed E-state index contributed by atoms with van der Waals surface area (Å²) < 4.78 is 24.4. The Morgan fingerprint density at radius 3 is 2.26 bits per heavy atom. The highest BCUT2D eigenvalue weighted by molar-refractivity contribution is 6.23. The lowest BCUT2D eigenvalue weighted by molar-refractivity contribution is -0.906. The van der Waals surface area contributed by atoms with Crippen LogP contribution in [-0.2, 0) is 23.8 Å². The van der Waals surface area contributed by atoms with E-state index in [1.165, 1.54) is 59.4 Å². The van der Waals surface area contributed by atoms with Crippen LogP contribution in [0.1, 0.15) is 90.7 Å². The van der Waals surface area contributed by atoms with Gasteiger partial charge >= 0.3 is 11.8 Å². The number of amides is 1. The molecule has 5 bridgehead atoms. The molecule has 360 valence electrons. The molecule has 2 aromatic carbocycles. The minimum absolute atomic E-state index is 0.0506. The van der Waals surface area contributed by atoms with Crippen molar-refractivity contribution in [3.63, 3.8) is 0 Å². The van der Waals surface area contributed by atoms with Gasteiger partial charge in [0.1, 0.15) is 29.9 Å². The molecule has 16 heteroatoms. The van der Waals surface area contributed by atoms with E-state index in [-0.39, 0.29) is 49.9 Å². The Hall–Kier alpha value is -5.60. The molecule has 1 fully saturated rings. The van der Waals surface area contributed by atoms with Crippen LogP contribution in [-0.4, -0.2) is 136 Å². The number of anilines is 1. The second-order valence-corrected chi connectivity index (χ2v) is 19.6. The van der Waals surface area contributed by atoms with Gasteiger partial charge in [-0.1, -0.05) is 51.8 Å². The molecule has 16 nitrogen and oxygen atoms in total. The Kier molecular flexibility index (Phi) is 15.6. The summed E-state index contributed by atoms with van der Waals surface area (Å²) in [7, 11) is 3.57. The second kappa shape index (κ2) is 20.1. The number of aromatic hydroxyl groups is 3. The first-order chi connectivity index (χ1) is 30.8. The number of aliphatic hydroxyl groups excluding tert-OH is 2. The number of ether oxygens (including phenoxy) is 4. The Balaban J connectivity index is 1.66. The Morgan fingerprint density at radius 1 is 1.00 bits per heavy atom. The number of esters is 1. The number of hydrogen-bond donors (Lipinski definition) is 6. The largest absolute Gasteiger partial charge is 0.507 e. The number of carbonyl (C=O) groups is 3. The van der Waals surface area contributed by atoms with E-state index < -0.39 is 88.8 Å². The van der Waals surface area contributed by atoms with Gasteiger partial charge in [-0.3, -0.25) is 19.4 Å². The molecular weight excluding hydrogens is 849 g/mol. The molecule has 4 aliphatic heterocycles. The minimum Gasteiger partial charge on any atom is -0.507 e. The number of likely N-dealkylation sites (N-methyl/N-ethyl adjacent to an activating group) is 1. The van der Waals surface area contributed by atoms with Gasteiger partial charge in [0.15, 0.2) is 5.75 Å². The third-order valence-electron chi connectivity index (χ3n) is 13.1. The molecule has 1 saturated heterocycles. The fraction of sp³-hybridized carbons (Fsp3) is 0.560. The molecule has 4 aliphatic rings. The molecule has 66 heavy (non-hydrogen) atoms. The summed E-state index contributed by atoms with van der Waals surface area (Å²) in [5.41, 5.74) is -0.503. The Bertz CT molecular complexity index is 2380. The molecule has 4 heterocycles. The van der Waals surface area contributed by atoms with E-state index in [2.05, 4.69) is 50.1 Å². The molecule has 1 amide bonds. The zero-order valence-electron chi connectivity index (χ0n) is 40.6. The fourth-order valence-corrected chi connectivity index (χ4v) is 8.72. The SMILES string of the molecule is COC1/C=C/O[C@@]2(C)Oc3c(C)c(O)c4c(O)c(c(/C=N/N5CC[N+](C)(CC#CC(C)(C)C)CC5)c(O)c4c3C2=O)NC(=O)/C(C)=C\C=C\[C@H](C)C(O)C(C)[C@@H](O)[C@@H](C)[C@H](OC(C)=O)C1C. The number of phenolic OH excluding ortho intramolecular Hbond substituents is 3. The fourth-order valence-electron chi connectivity index (χ4n) is 8.72. The average molecular weight is 918 g/mol. The maximum Gasteiger partial charge on any atom is 0.312 e. The Labute approximate surface area is 388 Å². The summed E-state index contributed by atoms with van der Waals surface area (Å²) in [5, 5.41) is 67.6. The number of rotatable bonds is 5. The van der Waals surface area contributed by atoms with E-state index >= 15 is 0 Å². The monoisotopic (exact) mass is 917 g/mol. The van der Waals surface area contributed by atoms with Gasteiger partial charge in [-0.25, -0.2) is 0 Å². The van der Waals surface area contributed by atoms with Crippen LogP contribution in [0.2, 0.25) is 0 Å². The van der Waals surface area contributed by atoms with Gasteiger partial charge in [-0.15, -0.1) is 0 Å². The number of hydrogen-bond acceptors (Lipinski definition) is 14. The third kappa shape index (κ3) is 10.8. The smallest absolute Gasteiger partial charge is 0.312 e.